The monoisotopic (exact) mass is 529 g/mol. The van der Waals surface area contributed by atoms with E-state index in [9.17, 15) is 9.59 Å². The van der Waals surface area contributed by atoms with E-state index in [1.807, 2.05) is 48.5 Å². The van der Waals surface area contributed by atoms with Crippen LogP contribution in [-0.4, -0.2) is 32.3 Å². The fraction of sp³-hybridized carbons (Fsp3) is 0.467. The van der Waals surface area contributed by atoms with E-state index in [4.69, 9.17) is 0 Å². The zero-order valence-electron chi connectivity index (χ0n) is 21.6. The molecule has 4 bridgehead atoms. The van der Waals surface area contributed by atoms with E-state index < -0.39 is 0 Å². The molecule has 4 aliphatic rings. The van der Waals surface area contributed by atoms with Crippen molar-refractivity contribution in [3.8, 4) is 0 Å². The minimum atomic E-state index is -0.184. The summed E-state index contributed by atoms with van der Waals surface area (Å²) in [5.74, 6) is 3.27. The molecule has 7 nitrogen and oxygen atoms in total. The summed E-state index contributed by atoms with van der Waals surface area (Å²) >= 11 is 1.38. The Morgan fingerprint density at radius 1 is 0.895 bits per heavy atom. The summed E-state index contributed by atoms with van der Waals surface area (Å²) in [6, 6.07) is 19.8. The Bertz CT molecular complexity index is 1240. The number of nitrogens with one attached hydrogen (secondary N) is 2. The number of nitrogens with zero attached hydrogens (tertiary/aromatic N) is 3. The Kier molecular flexibility index (Phi) is 7.24. The summed E-state index contributed by atoms with van der Waals surface area (Å²) < 4.78 is 2.06. The van der Waals surface area contributed by atoms with Gasteiger partial charge in [-0.15, -0.1) is 10.2 Å². The van der Waals surface area contributed by atoms with E-state index in [0.29, 0.717) is 18.2 Å². The standard InChI is InChI=1S/C30H35N5O2S/c36-27(32-25-9-5-2-6-10-25)20-38-29-34-33-26(35(29)12-11-21-7-3-1-4-8-21)19-31-28(37)30-16-22-13-23(17-30)15-24(14-22)18-30/h1-10,22-24H,11-20H2,(H,31,37)(H,32,36). The lowest BCUT2D eigenvalue weighted by atomic mass is 9.49. The summed E-state index contributed by atoms with van der Waals surface area (Å²) in [7, 11) is 0. The largest absolute Gasteiger partial charge is 0.348 e. The van der Waals surface area contributed by atoms with Crippen LogP contribution >= 0.6 is 11.8 Å². The number of amides is 2. The lowest BCUT2D eigenvalue weighted by molar-refractivity contribution is -0.146. The highest BCUT2D eigenvalue weighted by molar-refractivity contribution is 7.99. The molecule has 2 amide bonds. The van der Waals surface area contributed by atoms with Crippen LogP contribution in [0.4, 0.5) is 5.69 Å². The summed E-state index contributed by atoms with van der Waals surface area (Å²) in [5.41, 5.74) is 1.82. The smallest absolute Gasteiger partial charge is 0.234 e. The quantitative estimate of drug-likeness (QED) is 0.358. The van der Waals surface area contributed by atoms with E-state index in [1.165, 1.54) is 36.6 Å². The number of anilines is 1. The third kappa shape index (κ3) is 5.51. The van der Waals surface area contributed by atoms with E-state index in [1.54, 1.807) is 0 Å². The summed E-state index contributed by atoms with van der Waals surface area (Å²) in [4.78, 5) is 26.1. The zero-order valence-corrected chi connectivity index (χ0v) is 22.5. The zero-order chi connectivity index (χ0) is 26.0. The van der Waals surface area contributed by atoms with Crippen LogP contribution in [0.2, 0.25) is 0 Å². The fourth-order valence-corrected chi connectivity index (χ4v) is 8.03. The van der Waals surface area contributed by atoms with Crippen LogP contribution in [0.3, 0.4) is 0 Å². The maximum absolute atomic E-state index is 13.5. The number of rotatable bonds is 10. The van der Waals surface area contributed by atoms with Crippen molar-refractivity contribution in [1.82, 2.24) is 20.1 Å². The average molecular weight is 530 g/mol. The normalized spacial score (nSPS) is 25.3. The van der Waals surface area contributed by atoms with Crippen molar-refractivity contribution in [2.24, 2.45) is 23.2 Å². The first-order chi connectivity index (χ1) is 18.6. The third-order valence-electron chi connectivity index (χ3n) is 8.58. The molecule has 8 heteroatoms. The van der Waals surface area contributed by atoms with Gasteiger partial charge in [-0.3, -0.25) is 9.59 Å². The SMILES string of the molecule is O=C(CSc1nnc(CNC(=O)C23CC4CC(CC(C4)C2)C3)n1CCc1ccccc1)Nc1ccccc1. The predicted octanol–water partition coefficient (Wildman–Crippen LogP) is 5.08. The van der Waals surface area contributed by atoms with Gasteiger partial charge >= 0.3 is 0 Å². The summed E-state index contributed by atoms with van der Waals surface area (Å²) in [6.07, 6.45) is 7.91. The van der Waals surface area contributed by atoms with Crippen LogP contribution in [0.15, 0.2) is 65.8 Å². The first-order valence-corrected chi connectivity index (χ1v) is 14.8. The Hall–Kier alpha value is -3.13. The Morgan fingerprint density at radius 3 is 2.18 bits per heavy atom. The number of carbonyl (C=O) groups is 2. The van der Waals surface area contributed by atoms with Crippen molar-refractivity contribution in [2.45, 2.75) is 63.2 Å². The average Bonchev–Trinajstić information content (AvgIpc) is 3.31. The van der Waals surface area contributed by atoms with Crippen molar-refractivity contribution >= 4 is 29.3 Å². The van der Waals surface area contributed by atoms with E-state index in [0.717, 1.165) is 54.9 Å². The number of aromatic nitrogens is 3. The van der Waals surface area contributed by atoms with Gasteiger partial charge in [-0.1, -0.05) is 60.3 Å². The van der Waals surface area contributed by atoms with Gasteiger partial charge in [0.15, 0.2) is 11.0 Å². The van der Waals surface area contributed by atoms with Gasteiger partial charge in [-0.2, -0.15) is 0 Å². The molecule has 2 N–H and O–H groups in total. The first kappa shape index (κ1) is 25.2. The molecule has 1 aromatic heterocycles. The molecular formula is C30H35N5O2S. The molecule has 2 aromatic carbocycles. The molecule has 38 heavy (non-hydrogen) atoms. The van der Waals surface area contributed by atoms with Crippen molar-refractivity contribution < 1.29 is 9.59 Å². The lowest BCUT2D eigenvalue weighted by Crippen LogP contribution is -2.53. The van der Waals surface area contributed by atoms with Crippen LogP contribution in [0.1, 0.15) is 49.9 Å². The van der Waals surface area contributed by atoms with Crippen LogP contribution in [0.5, 0.6) is 0 Å². The van der Waals surface area contributed by atoms with Crippen LogP contribution in [0, 0.1) is 23.2 Å². The molecule has 7 rings (SSSR count). The van der Waals surface area contributed by atoms with Crippen LogP contribution in [-0.2, 0) is 29.1 Å². The second-order valence-corrected chi connectivity index (χ2v) is 12.3. The Labute approximate surface area is 228 Å². The van der Waals surface area contributed by atoms with E-state index in [2.05, 4.69) is 37.5 Å². The fourth-order valence-electron chi connectivity index (χ4n) is 7.25. The molecule has 0 radical (unpaired) electrons. The molecule has 0 atom stereocenters. The van der Waals surface area contributed by atoms with Crippen molar-refractivity contribution in [3.63, 3.8) is 0 Å². The van der Waals surface area contributed by atoms with Crippen molar-refractivity contribution in [1.29, 1.82) is 0 Å². The molecule has 0 aliphatic heterocycles. The van der Waals surface area contributed by atoms with Crippen LogP contribution in [0.25, 0.3) is 0 Å². The Morgan fingerprint density at radius 2 is 1.53 bits per heavy atom. The number of thioether (sulfide) groups is 1. The molecule has 4 fully saturated rings. The van der Waals surface area contributed by atoms with Gasteiger partial charge in [0.1, 0.15) is 0 Å². The minimum absolute atomic E-state index is 0.0875. The number of aryl methyl sites for hydroxylation is 1. The molecule has 4 saturated carbocycles. The molecule has 198 valence electrons. The van der Waals surface area contributed by atoms with Gasteiger partial charge in [0.25, 0.3) is 0 Å². The van der Waals surface area contributed by atoms with Crippen molar-refractivity contribution in [2.75, 3.05) is 11.1 Å². The van der Waals surface area contributed by atoms with Gasteiger partial charge in [0.05, 0.1) is 12.3 Å². The number of hydrogen-bond acceptors (Lipinski definition) is 5. The summed E-state index contributed by atoms with van der Waals surface area (Å²) in [5, 5.41) is 15.8. The number of carbonyl (C=O) groups excluding carboxylic acids is 2. The third-order valence-corrected chi connectivity index (χ3v) is 9.54. The topological polar surface area (TPSA) is 88.9 Å². The number of para-hydroxylation sites is 1. The molecular weight excluding hydrogens is 494 g/mol. The second-order valence-electron chi connectivity index (χ2n) is 11.4. The highest BCUT2D eigenvalue weighted by Gasteiger charge is 2.54. The van der Waals surface area contributed by atoms with E-state index in [-0.39, 0.29) is 23.0 Å². The maximum atomic E-state index is 13.5. The second kappa shape index (κ2) is 10.9. The minimum Gasteiger partial charge on any atom is -0.348 e. The molecule has 3 aromatic rings. The van der Waals surface area contributed by atoms with Crippen molar-refractivity contribution in [3.05, 3.63) is 72.1 Å². The van der Waals surface area contributed by atoms with Gasteiger partial charge < -0.3 is 15.2 Å². The molecule has 0 unspecified atom stereocenters. The lowest BCUT2D eigenvalue weighted by Gasteiger charge is -2.55. The molecule has 0 spiro atoms. The number of hydrogen-bond donors (Lipinski definition) is 2. The van der Waals surface area contributed by atoms with Gasteiger partial charge in [-0.25, -0.2) is 0 Å². The predicted molar refractivity (Wildman–Crippen MR) is 148 cm³/mol. The summed E-state index contributed by atoms with van der Waals surface area (Å²) in [6.45, 7) is 1.04. The Balaban J connectivity index is 1.13. The van der Waals surface area contributed by atoms with Crippen LogP contribution < -0.4 is 10.6 Å². The van der Waals surface area contributed by atoms with E-state index >= 15 is 0 Å². The first-order valence-electron chi connectivity index (χ1n) is 13.8. The highest BCUT2D eigenvalue weighted by atomic mass is 32.2. The molecule has 1 heterocycles. The van der Waals surface area contributed by atoms with Gasteiger partial charge in [0, 0.05) is 17.6 Å². The number of benzene rings is 2. The van der Waals surface area contributed by atoms with Gasteiger partial charge in [-0.05, 0) is 80.4 Å². The maximum Gasteiger partial charge on any atom is 0.234 e. The molecule has 0 saturated heterocycles. The molecule has 4 aliphatic carbocycles. The van der Waals surface area contributed by atoms with Gasteiger partial charge in [0.2, 0.25) is 11.8 Å². The highest BCUT2D eigenvalue weighted by Crippen LogP contribution is 2.60.